The Kier molecular flexibility index (Phi) is 24.2. The minimum atomic E-state index is -1.69. The van der Waals surface area contributed by atoms with Crippen molar-refractivity contribution in [3.05, 3.63) is 81.7 Å². The number of nitrogens with two attached hydrogens (primary N) is 1. The summed E-state index contributed by atoms with van der Waals surface area (Å²) in [5.41, 5.74) is 3.75. The van der Waals surface area contributed by atoms with Crippen LogP contribution in [-0.2, 0) is 70.1 Å². The van der Waals surface area contributed by atoms with Crippen molar-refractivity contribution in [1.29, 1.82) is 0 Å². The summed E-state index contributed by atoms with van der Waals surface area (Å²) in [6, 6.07) is 3.67. The van der Waals surface area contributed by atoms with Crippen molar-refractivity contribution in [3.8, 4) is 5.75 Å². The maximum atomic E-state index is 16.2. The zero-order valence-corrected chi connectivity index (χ0v) is 53.0. The minimum Gasteiger partial charge on any atom is -0.495 e. The van der Waals surface area contributed by atoms with Gasteiger partial charge in [-0.15, -0.1) is 0 Å². The van der Waals surface area contributed by atoms with Crippen molar-refractivity contribution >= 4 is 76.4 Å². The number of rotatable bonds is 24. The molecule has 4 aliphatic heterocycles. The number of amides is 7. The van der Waals surface area contributed by atoms with Crippen LogP contribution in [0, 0.1) is 29.5 Å². The number of esters is 2. The molecule has 7 amide bonds. The van der Waals surface area contributed by atoms with Gasteiger partial charge >= 0.3 is 18.0 Å². The number of likely N-dealkylation sites (tertiary alicyclic amines) is 1. The number of anilines is 1. The van der Waals surface area contributed by atoms with Crippen molar-refractivity contribution in [2.75, 3.05) is 46.3 Å². The van der Waals surface area contributed by atoms with Gasteiger partial charge in [0, 0.05) is 84.2 Å². The standard InChI is InChI=1S/C64H86ClFN6O16/c1-35(2)44(31-42(73)18-13-12-14-24-72-54(76)26-37(4)59(72)79)58(78)69-46(19-16-23-68-62(67)82)48(74)29-40-21-22-43(45(66)27-40)60(80)70(8)39(6)61(81)87-52-32-53(75)71(9)47-28-41(30-49(84-10)56(47)65)25-36(3)17-15-20-51(85-11)64(83)33-50(86-55(77)34-64)38(5)57-63(52,7)88-57/h15,17,20-22,27-28,30,35,37-39,44,46,50-52,57,83H,12-14,16,18-19,23-26,29,31-34H2,1-11H3,(H,69,78)(H3,67,68,82)/b20-15+,36-17+/t37?,38-,39+,44+,46+,50+,51-,52+,57+,63+,64-/m1/s1. The smallest absolute Gasteiger partial charge is 0.328 e. The Morgan fingerprint density at radius 2 is 1.70 bits per heavy atom. The minimum absolute atomic E-state index is 0.0433. The summed E-state index contributed by atoms with van der Waals surface area (Å²) in [7, 11) is 5.64. The molecule has 0 spiro atoms. The third-order valence-corrected chi connectivity index (χ3v) is 17.8. The Labute approximate surface area is 518 Å². The van der Waals surface area contributed by atoms with Gasteiger partial charge in [0.2, 0.25) is 23.6 Å². The first kappa shape index (κ1) is 70.0. The van der Waals surface area contributed by atoms with Crippen LogP contribution < -0.4 is 26.0 Å². The van der Waals surface area contributed by atoms with E-state index in [0.29, 0.717) is 37.1 Å². The fourth-order valence-electron chi connectivity index (χ4n) is 11.7. The summed E-state index contributed by atoms with van der Waals surface area (Å²) in [5, 5.41) is 17.4. The Balaban J connectivity index is 1.16. The number of halogens is 2. The summed E-state index contributed by atoms with van der Waals surface area (Å²) in [5.74, 6) is -7.64. The third kappa shape index (κ3) is 17.4. The Bertz CT molecular complexity index is 3050. The molecule has 2 aromatic carbocycles. The summed E-state index contributed by atoms with van der Waals surface area (Å²) in [6.45, 7) is 12.3. The SMILES string of the molecule is COc1cc2cc(c1Cl)N(C)C(=O)C[C@H](OC(=O)[C@H](C)N(C)C(=O)c1ccc(CC(=O)[C@H](CCCNC(N)=O)NC(=O)[C@@H](CC(=O)CCCCCN3C(=O)CC(C)C3=O)C(C)C)cc1F)[C@]1(C)O[C@H]1[C@H](C)[C@@H]1C[C@@](O)(CC(=O)O1)[C@H](OC)/C=C/C=C(\C)C2. The summed E-state index contributed by atoms with van der Waals surface area (Å²) in [4.78, 5) is 137. The van der Waals surface area contributed by atoms with Crippen LogP contribution in [-0.4, -0.2) is 163 Å². The number of primary amides is 1. The van der Waals surface area contributed by atoms with Crippen molar-refractivity contribution in [2.45, 2.75) is 180 Å². The number of urea groups is 1. The molecule has 0 aliphatic carbocycles. The number of allylic oxidation sites excluding steroid dienone is 3. The van der Waals surface area contributed by atoms with Gasteiger partial charge in [-0.1, -0.05) is 75.6 Å². The zero-order chi connectivity index (χ0) is 65.1. The van der Waals surface area contributed by atoms with Gasteiger partial charge in [0.15, 0.2) is 5.78 Å². The molecular weight excluding hydrogens is 1160 g/mol. The highest BCUT2D eigenvalue weighted by Gasteiger charge is 2.64. The number of aliphatic hydroxyl groups is 1. The average Bonchev–Trinajstić information content (AvgIpc) is 1.58. The second kappa shape index (κ2) is 30.4. The van der Waals surface area contributed by atoms with Gasteiger partial charge in [-0.25, -0.2) is 14.0 Å². The summed E-state index contributed by atoms with van der Waals surface area (Å²) in [6.07, 6.45) is 2.48. The number of hydrogen-bond donors (Lipinski definition) is 4. The molecule has 6 rings (SSSR count). The maximum absolute atomic E-state index is 16.2. The molecule has 4 aliphatic rings. The van der Waals surface area contributed by atoms with E-state index in [1.807, 2.05) is 13.0 Å². The topological polar surface area (TPSA) is 300 Å². The quantitative estimate of drug-likeness (QED) is 0.0380. The fourth-order valence-corrected chi connectivity index (χ4v) is 12.0. The fraction of sp³-hybridized carbons (Fsp3) is 0.594. The molecule has 0 saturated carbocycles. The third-order valence-electron chi connectivity index (χ3n) is 17.4. The molecule has 0 radical (unpaired) electrons. The molecule has 88 heavy (non-hydrogen) atoms. The van der Waals surface area contributed by atoms with Crippen LogP contribution in [0.25, 0.3) is 0 Å². The van der Waals surface area contributed by atoms with Crippen LogP contribution >= 0.6 is 11.6 Å². The van der Waals surface area contributed by atoms with Crippen molar-refractivity contribution in [3.63, 3.8) is 0 Å². The average molecular weight is 1250 g/mol. The van der Waals surface area contributed by atoms with E-state index >= 15 is 4.39 Å². The van der Waals surface area contributed by atoms with Crippen LogP contribution in [0.3, 0.4) is 0 Å². The lowest BCUT2D eigenvalue weighted by Crippen LogP contribution is -2.53. The molecule has 5 N–H and O–H groups in total. The number of ketones is 2. The number of nitrogens with zero attached hydrogens (tertiary/aromatic N) is 3. The normalized spacial score (nSPS) is 26.0. The summed E-state index contributed by atoms with van der Waals surface area (Å²) >= 11 is 6.84. The molecule has 3 saturated heterocycles. The Hall–Kier alpha value is -7.08. The highest BCUT2D eigenvalue weighted by atomic mass is 35.5. The van der Waals surface area contributed by atoms with Gasteiger partial charge in [0.1, 0.15) is 57.9 Å². The van der Waals surface area contributed by atoms with Crippen molar-refractivity contribution in [2.24, 2.45) is 29.4 Å². The van der Waals surface area contributed by atoms with E-state index in [4.69, 9.17) is 41.0 Å². The first-order chi connectivity index (χ1) is 41.4. The number of hydrogen-bond acceptors (Lipinski definition) is 16. The summed E-state index contributed by atoms with van der Waals surface area (Å²) < 4.78 is 45.9. The number of carbonyl (C=O) groups is 10. The van der Waals surface area contributed by atoms with Crippen LogP contribution in [0.5, 0.6) is 5.75 Å². The van der Waals surface area contributed by atoms with Crippen LogP contribution in [0.15, 0.2) is 54.1 Å². The molecule has 11 atom stereocenters. The van der Waals surface area contributed by atoms with Crippen molar-refractivity contribution < 1.29 is 81.1 Å². The second-order valence-corrected chi connectivity index (χ2v) is 24.9. The lowest BCUT2D eigenvalue weighted by Gasteiger charge is -2.41. The Morgan fingerprint density at radius 3 is 2.34 bits per heavy atom. The van der Waals surface area contributed by atoms with Crippen LogP contribution in [0.1, 0.15) is 141 Å². The number of nitrogens with one attached hydrogen (secondary N) is 2. The number of unbranched alkanes of at least 4 members (excludes halogenated alkanes) is 2. The maximum Gasteiger partial charge on any atom is 0.328 e. The number of Topliss-reactive ketones (excluding diaryl/α,β-unsaturated/α-hetero) is 2. The molecule has 4 heterocycles. The molecule has 4 bridgehead atoms. The molecule has 22 nitrogen and oxygen atoms in total. The van der Waals surface area contributed by atoms with E-state index in [2.05, 4.69) is 10.6 Å². The van der Waals surface area contributed by atoms with E-state index < -0.39 is 125 Å². The van der Waals surface area contributed by atoms with E-state index in [0.717, 1.165) is 28.2 Å². The van der Waals surface area contributed by atoms with Gasteiger partial charge < -0.3 is 55.0 Å². The Morgan fingerprint density at radius 1 is 0.989 bits per heavy atom. The number of likely N-dealkylation sites (N-methyl/N-ethyl adjacent to an activating group) is 1. The monoisotopic (exact) mass is 1250 g/mol. The van der Waals surface area contributed by atoms with Gasteiger partial charge in [0.25, 0.3) is 5.91 Å². The molecular formula is C64H86ClFN6O16. The highest BCUT2D eigenvalue weighted by molar-refractivity contribution is 6.35. The van der Waals surface area contributed by atoms with Crippen molar-refractivity contribution in [1.82, 2.24) is 20.4 Å². The largest absolute Gasteiger partial charge is 0.495 e. The lowest BCUT2D eigenvalue weighted by atomic mass is 9.78. The van der Waals surface area contributed by atoms with Gasteiger partial charge in [-0.05, 0) is 94.2 Å². The molecule has 2 aromatic rings. The number of ether oxygens (including phenoxy) is 5. The number of fused-ring (bicyclic) bond motifs is 5. The molecule has 24 heteroatoms. The molecule has 482 valence electrons. The van der Waals surface area contributed by atoms with E-state index in [1.54, 1.807) is 58.9 Å². The van der Waals surface area contributed by atoms with Gasteiger partial charge in [0.05, 0.1) is 43.3 Å². The van der Waals surface area contributed by atoms with E-state index in [9.17, 15) is 53.1 Å². The molecule has 1 unspecified atom stereocenters. The lowest BCUT2D eigenvalue weighted by molar-refractivity contribution is -0.187. The van der Waals surface area contributed by atoms with Gasteiger partial charge in [-0.3, -0.25) is 43.3 Å². The van der Waals surface area contributed by atoms with Crippen LogP contribution in [0.4, 0.5) is 14.9 Å². The number of methoxy groups -OCH3 is 2. The van der Waals surface area contributed by atoms with Gasteiger partial charge in [-0.2, -0.15) is 0 Å². The number of epoxide rings is 1. The predicted molar refractivity (Wildman–Crippen MR) is 322 cm³/mol. The first-order valence-corrected chi connectivity index (χ1v) is 30.4. The second-order valence-electron chi connectivity index (χ2n) is 24.5. The first-order valence-electron chi connectivity index (χ1n) is 30.0. The zero-order valence-electron chi connectivity index (χ0n) is 52.2. The number of imide groups is 1. The van der Waals surface area contributed by atoms with E-state index in [1.165, 1.54) is 51.1 Å². The van der Waals surface area contributed by atoms with E-state index in [-0.39, 0.29) is 98.1 Å². The highest BCUT2D eigenvalue weighted by Crippen LogP contribution is 2.50. The number of benzene rings is 2. The number of carbonyl (C=O) groups excluding carboxylic acids is 10. The molecule has 3 fully saturated rings. The molecule has 0 aromatic heterocycles. The predicted octanol–water partition coefficient (Wildman–Crippen LogP) is 6.45. The van der Waals surface area contributed by atoms with Crippen LogP contribution in [0.2, 0.25) is 5.02 Å².